The summed E-state index contributed by atoms with van der Waals surface area (Å²) < 4.78 is 0. The van der Waals surface area contributed by atoms with Crippen molar-refractivity contribution in [2.75, 3.05) is 0 Å². The summed E-state index contributed by atoms with van der Waals surface area (Å²) in [6, 6.07) is 7.86. The molecule has 0 aromatic heterocycles. The number of halogens is 1. The summed E-state index contributed by atoms with van der Waals surface area (Å²) >= 11 is 7.92. The van der Waals surface area contributed by atoms with Crippen LogP contribution in [0.2, 0.25) is 0 Å². The second-order valence-electron chi connectivity index (χ2n) is 4.52. The zero-order chi connectivity index (χ0) is 15.4. The fourth-order valence-electron chi connectivity index (χ4n) is 1.93. The first-order chi connectivity index (χ1) is 10.1. The van der Waals surface area contributed by atoms with E-state index in [9.17, 15) is 4.79 Å². The Hall–Kier alpha value is -1.58. The number of nitrogens with zero attached hydrogens (tertiary/aromatic N) is 1. The average Bonchev–Trinajstić information content (AvgIpc) is 2.61. The molecule has 2 rings (SSSR count). The Morgan fingerprint density at radius 1 is 1.43 bits per heavy atom. The average molecular weight is 318 g/mol. The van der Waals surface area contributed by atoms with Gasteiger partial charge in [-0.3, -0.25) is 4.79 Å². The van der Waals surface area contributed by atoms with Crippen LogP contribution in [0.4, 0.5) is 0 Å². The topological polar surface area (TPSA) is 29.4 Å². The molecular formula is C17H16ClNOS. The molecular weight excluding hydrogens is 302 g/mol. The monoisotopic (exact) mass is 317 g/mol. The molecule has 0 N–H and O–H groups in total. The molecule has 2 nitrogen and oxygen atoms in total. The van der Waals surface area contributed by atoms with Crippen LogP contribution in [0.15, 0.2) is 69.1 Å². The number of hydrogen-bond acceptors (Lipinski definition) is 3. The molecule has 0 saturated heterocycles. The van der Waals surface area contributed by atoms with E-state index in [0.29, 0.717) is 22.9 Å². The molecule has 0 atom stereocenters. The van der Waals surface area contributed by atoms with E-state index in [2.05, 4.69) is 11.6 Å². The van der Waals surface area contributed by atoms with E-state index in [1.165, 1.54) is 0 Å². The molecule has 0 bridgehead atoms. The van der Waals surface area contributed by atoms with Crippen molar-refractivity contribution in [2.24, 2.45) is 4.99 Å². The number of carbonyl (C=O) groups is 1. The van der Waals surface area contributed by atoms with Gasteiger partial charge in [-0.05, 0) is 19.1 Å². The number of fused-ring (bicyclic) bond motifs is 1. The van der Waals surface area contributed by atoms with E-state index >= 15 is 0 Å². The van der Waals surface area contributed by atoms with Crippen molar-refractivity contribution < 1.29 is 4.79 Å². The van der Waals surface area contributed by atoms with Crippen LogP contribution in [0, 0.1) is 0 Å². The Balaban J connectivity index is 2.50. The molecule has 0 aliphatic carbocycles. The van der Waals surface area contributed by atoms with Gasteiger partial charge in [0.1, 0.15) is 5.17 Å². The van der Waals surface area contributed by atoms with Gasteiger partial charge in [0.15, 0.2) is 5.78 Å². The summed E-state index contributed by atoms with van der Waals surface area (Å²) in [4.78, 5) is 18.4. The van der Waals surface area contributed by atoms with Crippen LogP contribution >= 0.6 is 23.4 Å². The minimum absolute atomic E-state index is 0.0448. The molecule has 4 heteroatoms. The molecule has 1 aromatic carbocycles. The molecule has 1 heterocycles. The first kappa shape index (κ1) is 15.8. The molecule has 0 saturated carbocycles. The summed E-state index contributed by atoms with van der Waals surface area (Å²) in [6.07, 6.45) is 3.77. The van der Waals surface area contributed by atoms with Crippen LogP contribution in [0.1, 0.15) is 25.8 Å². The van der Waals surface area contributed by atoms with E-state index in [1.807, 2.05) is 38.1 Å². The van der Waals surface area contributed by atoms with Crippen molar-refractivity contribution in [1.82, 2.24) is 0 Å². The zero-order valence-corrected chi connectivity index (χ0v) is 13.6. The van der Waals surface area contributed by atoms with Crippen LogP contribution in [0.5, 0.6) is 0 Å². The fourth-order valence-corrected chi connectivity index (χ4v) is 3.20. The third-order valence-electron chi connectivity index (χ3n) is 3.11. The lowest BCUT2D eigenvalue weighted by Crippen LogP contribution is -1.98. The summed E-state index contributed by atoms with van der Waals surface area (Å²) in [5.41, 5.74) is 2.18. The number of ketones is 1. The van der Waals surface area contributed by atoms with Crippen LogP contribution in [-0.2, 0) is 4.79 Å². The quantitative estimate of drug-likeness (QED) is 0.571. The summed E-state index contributed by atoms with van der Waals surface area (Å²) in [7, 11) is 0. The predicted octanol–water partition coefficient (Wildman–Crippen LogP) is 5.10. The SMILES string of the molecule is C=C/C(=C\C1=C(C)Sc2ccccc2C(Cl)=N1)C(=O)CC. The first-order valence-corrected chi connectivity index (χ1v) is 7.86. The molecule has 0 fully saturated rings. The number of hydrogen-bond donors (Lipinski definition) is 0. The largest absolute Gasteiger partial charge is 0.294 e. The first-order valence-electron chi connectivity index (χ1n) is 6.66. The van der Waals surface area contributed by atoms with E-state index in [1.54, 1.807) is 23.9 Å². The maximum Gasteiger partial charge on any atom is 0.162 e. The summed E-state index contributed by atoms with van der Waals surface area (Å²) in [5.74, 6) is 0.0448. The van der Waals surface area contributed by atoms with Crippen molar-refractivity contribution in [2.45, 2.75) is 25.2 Å². The molecule has 1 aliphatic heterocycles. The van der Waals surface area contributed by atoms with Gasteiger partial charge in [-0.1, -0.05) is 61.1 Å². The lowest BCUT2D eigenvalue weighted by Gasteiger charge is -2.04. The maximum atomic E-state index is 11.9. The van der Waals surface area contributed by atoms with Gasteiger partial charge in [0.05, 0.1) is 5.70 Å². The van der Waals surface area contributed by atoms with E-state index in [-0.39, 0.29) is 5.78 Å². The molecule has 0 unspecified atom stereocenters. The van der Waals surface area contributed by atoms with Crippen molar-refractivity contribution in [3.63, 3.8) is 0 Å². The highest BCUT2D eigenvalue weighted by Crippen LogP contribution is 2.36. The molecule has 1 aromatic rings. The normalized spacial score (nSPS) is 15.2. The standard InChI is InChI=1S/C17H16ClNOS/c1-4-12(15(20)5-2)10-14-11(3)21-16-9-7-6-8-13(16)17(18)19-14/h4,6-10H,1,5H2,2-3H3/b12-10+. The van der Waals surface area contributed by atoms with Gasteiger partial charge in [-0.25, -0.2) is 4.99 Å². The molecule has 0 spiro atoms. The molecule has 1 aliphatic rings. The summed E-state index contributed by atoms with van der Waals surface area (Å²) in [5, 5.41) is 0.438. The number of carbonyl (C=O) groups excluding carboxylic acids is 1. The van der Waals surface area contributed by atoms with Gasteiger partial charge in [-0.2, -0.15) is 0 Å². The maximum absolute atomic E-state index is 11.9. The number of thioether (sulfide) groups is 1. The Kier molecular flexibility index (Phi) is 5.21. The molecule has 21 heavy (non-hydrogen) atoms. The van der Waals surface area contributed by atoms with Crippen LogP contribution < -0.4 is 0 Å². The van der Waals surface area contributed by atoms with E-state index in [4.69, 9.17) is 11.6 Å². The second kappa shape index (κ2) is 6.92. The van der Waals surface area contributed by atoms with Gasteiger partial charge in [0, 0.05) is 27.4 Å². The highest BCUT2D eigenvalue weighted by atomic mass is 35.5. The minimum atomic E-state index is 0.0448. The highest BCUT2D eigenvalue weighted by Gasteiger charge is 2.15. The Bertz CT molecular complexity index is 686. The van der Waals surface area contributed by atoms with Gasteiger partial charge >= 0.3 is 0 Å². The zero-order valence-electron chi connectivity index (χ0n) is 12.0. The molecule has 0 radical (unpaired) electrons. The lowest BCUT2D eigenvalue weighted by atomic mass is 10.1. The van der Waals surface area contributed by atoms with Crippen molar-refractivity contribution >= 4 is 34.3 Å². The van der Waals surface area contributed by atoms with Crippen LogP contribution in [0.3, 0.4) is 0 Å². The number of aliphatic imine (C=N–C) groups is 1. The van der Waals surface area contributed by atoms with Crippen LogP contribution in [-0.4, -0.2) is 11.0 Å². The summed E-state index contributed by atoms with van der Waals surface area (Å²) in [6.45, 7) is 7.51. The van der Waals surface area contributed by atoms with Gasteiger partial charge in [-0.15, -0.1) is 0 Å². The third kappa shape index (κ3) is 3.55. The van der Waals surface area contributed by atoms with Crippen molar-refractivity contribution in [3.8, 4) is 0 Å². The number of Topliss-reactive ketones (excluding diaryl/α,β-unsaturated/α-hetero) is 1. The van der Waals surface area contributed by atoms with Crippen molar-refractivity contribution in [3.05, 3.63) is 64.7 Å². The Morgan fingerprint density at radius 2 is 2.14 bits per heavy atom. The highest BCUT2D eigenvalue weighted by molar-refractivity contribution is 8.03. The predicted molar refractivity (Wildman–Crippen MR) is 91.0 cm³/mol. The van der Waals surface area contributed by atoms with Gasteiger partial charge in [0.2, 0.25) is 0 Å². The number of allylic oxidation sites excluding steroid dienone is 4. The lowest BCUT2D eigenvalue weighted by molar-refractivity contribution is -0.114. The fraction of sp³-hybridized carbons (Fsp3) is 0.176. The van der Waals surface area contributed by atoms with Crippen molar-refractivity contribution in [1.29, 1.82) is 0 Å². The smallest absolute Gasteiger partial charge is 0.162 e. The van der Waals surface area contributed by atoms with E-state index in [0.717, 1.165) is 15.4 Å². The molecule has 0 amide bonds. The minimum Gasteiger partial charge on any atom is -0.294 e. The van der Waals surface area contributed by atoms with Gasteiger partial charge in [0.25, 0.3) is 0 Å². The molecule has 108 valence electrons. The third-order valence-corrected chi connectivity index (χ3v) is 4.49. The number of rotatable bonds is 4. The van der Waals surface area contributed by atoms with E-state index < -0.39 is 0 Å². The Labute approximate surface area is 134 Å². The second-order valence-corrected chi connectivity index (χ2v) is 6.14. The van der Waals surface area contributed by atoms with Gasteiger partial charge < -0.3 is 0 Å². The Morgan fingerprint density at radius 3 is 2.81 bits per heavy atom. The van der Waals surface area contributed by atoms with Crippen LogP contribution in [0.25, 0.3) is 0 Å². The number of benzene rings is 1.